The molecule has 5 heteroatoms. The van der Waals surface area contributed by atoms with Crippen molar-refractivity contribution in [3.63, 3.8) is 0 Å². The third kappa shape index (κ3) is 5.30. The van der Waals surface area contributed by atoms with Crippen molar-refractivity contribution in [1.29, 1.82) is 0 Å². The van der Waals surface area contributed by atoms with E-state index in [1.165, 1.54) is 0 Å². The second kappa shape index (κ2) is 8.19. The molecule has 1 aromatic carbocycles. The van der Waals surface area contributed by atoms with Crippen molar-refractivity contribution in [2.45, 2.75) is 26.7 Å². The number of carboxylic acid groups (broad SMARTS) is 1. The molecule has 0 spiro atoms. The van der Waals surface area contributed by atoms with E-state index in [1.807, 2.05) is 6.92 Å². The van der Waals surface area contributed by atoms with Crippen LogP contribution in [-0.2, 0) is 4.79 Å². The van der Waals surface area contributed by atoms with E-state index in [0.29, 0.717) is 30.9 Å². The second-order valence-electron chi connectivity index (χ2n) is 4.66. The predicted molar refractivity (Wildman–Crippen MR) is 76.0 cm³/mol. The van der Waals surface area contributed by atoms with Crippen LogP contribution in [-0.4, -0.2) is 30.1 Å². The molecule has 0 heterocycles. The van der Waals surface area contributed by atoms with Crippen molar-refractivity contribution >= 4 is 11.9 Å². The molecule has 1 aromatic rings. The summed E-state index contributed by atoms with van der Waals surface area (Å²) in [5, 5.41) is 11.5. The van der Waals surface area contributed by atoms with E-state index in [0.717, 1.165) is 6.42 Å². The third-order valence-corrected chi connectivity index (χ3v) is 2.85. The van der Waals surface area contributed by atoms with Gasteiger partial charge in [-0.1, -0.05) is 19.9 Å². The molecule has 0 fully saturated rings. The molecule has 0 aliphatic heterocycles. The number of carbonyl (C=O) groups excluding carboxylic acids is 1. The smallest absolute Gasteiger partial charge is 0.306 e. The van der Waals surface area contributed by atoms with E-state index in [9.17, 15) is 9.59 Å². The molecule has 5 nitrogen and oxygen atoms in total. The summed E-state index contributed by atoms with van der Waals surface area (Å²) >= 11 is 0. The predicted octanol–water partition coefficient (Wildman–Crippen LogP) is 2.32. The molecule has 0 bridgehead atoms. The minimum absolute atomic E-state index is 0.218. The number of carbonyl (C=O) groups is 2. The van der Waals surface area contributed by atoms with Gasteiger partial charge in [0.1, 0.15) is 5.75 Å². The zero-order chi connectivity index (χ0) is 15.0. The first-order valence-electron chi connectivity index (χ1n) is 6.78. The molecular weight excluding hydrogens is 258 g/mol. The highest BCUT2D eigenvalue weighted by Gasteiger charge is 2.11. The summed E-state index contributed by atoms with van der Waals surface area (Å²) in [5.74, 6) is -0.869. The lowest BCUT2D eigenvalue weighted by Gasteiger charge is -2.09. The summed E-state index contributed by atoms with van der Waals surface area (Å²) in [6.07, 6.45) is 1.32. The van der Waals surface area contributed by atoms with Gasteiger partial charge in [-0.15, -0.1) is 0 Å². The van der Waals surface area contributed by atoms with Crippen molar-refractivity contribution in [3.05, 3.63) is 29.8 Å². The van der Waals surface area contributed by atoms with Crippen LogP contribution in [0.4, 0.5) is 0 Å². The van der Waals surface area contributed by atoms with Gasteiger partial charge in [-0.25, -0.2) is 0 Å². The first-order chi connectivity index (χ1) is 9.54. The number of benzene rings is 1. The summed E-state index contributed by atoms with van der Waals surface area (Å²) in [5.41, 5.74) is 0.515. The van der Waals surface area contributed by atoms with Crippen LogP contribution in [0.15, 0.2) is 24.3 Å². The van der Waals surface area contributed by atoms with Crippen LogP contribution < -0.4 is 10.1 Å². The summed E-state index contributed by atoms with van der Waals surface area (Å²) in [7, 11) is 0. The fraction of sp³-hybridized carbons (Fsp3) is 0.467. The van der Waals surface area contributed by atoms with Crippen LogP contribution in [0.3, 0.4) is 0 Å². The normalized spacial score (nSPS) is 11.7. The van der Waals surface area contributed by atoms with E-state index < -0.39 is 11.9 Å². The Balaban J connectivity index is 2.48. The Morgan fingerprint density at radius 1 is 1.40 bits per heavy atom. The van der Waals surface area contributed by atoms with E-state index in [4.69, 9.17) is 9.84 Å². The molecule has 1 rings (SSSR count). The zero-order valence-corrected chi connectivity index (χ0v) is 11.9. The number of hydrogen-bond acceptors (Lipinski definition) is 3. The highest BCUT2D eigenvalue weighted by atomic mass is 16.5. The maximum atomic E-state index is 11.9. The molecule has 0 aliphatic rings. The lowest BCUT2D eigenvalue weighted by molar-refractivity contribution is -0.141. The average Bonchev–Trinajstić information content (AvgIpc) is 2.45. The molecule has 0 aliphatic carbocycles. The highest BCUT2D eigenvalue weighted by molar-refractivity contribution is 5.94. The molecule has 2 N–H and O–H groups in total. The quantitative estimate of drug-likeness (QED) is 0.765. The van der Waals surface area contributed by atoms with Gasteiger partial charge in [0.25, 0.3) is 5.91 Å². The molecular formula is C15H21NO4. The van der Waals surface area contributed by atoms with Crippen LogP contribution in [0.1, 0.15) is 37.0 Å². The van der Waals surface area contributed by atoms with Crippen LogP contribution in [0.2, 0.25) is 0 Å². The van der Waals surface area contributed by atoms with Crippen molar-refractivity contribution in [3.8, 4) is 5.75 Å². The number of aliphatic carboxylic acids is 1. The minimum atomic E-state index is -0.853. The minimum Gasteiger partial charge on any atom is -0.494 e. The fourth-order valence-electron chi connectivity index (χ4n) is 1.57. The summed E-state index contributed by atoms with van der Waals surface area (Å²) in [6.45, 7) is 4.58. The van der Waals surface area contributed by atoms with Crippen molar-refractivity contribution in [1.82, 2.24) is 5.32 Å². The Morgan fingerprint density at radius 3 is 2.80 bits per heavy atom. The lowest BCUT2D eigenvalue weighted by atomic mass is 10.1. The van der Waals surface area contributed by atoms with Crippen LogP contribution in [0.5, 0.6) is 5.75 Å². The molecule has 1 atom stereocenters. The molecule has 1 amide bonds. The number of amides is 1. The number of nitrogens with one attached hydrogen (secondary N) is 1. The average molecular weight is 279 g/mol. The van der Waals surface area contributed by atoms with Crippen molar-refractivity contribution < 1.29 is 19.4 Å². The van der Waals surface area contributed by atoms with Gasteiger partial charge >= 0.3 is 5.97 Å². The fourth-order valence-corrected chi connectivity index (χ4v) is 1.57. The summed E-state index contributed by atoms with van der Waals surface area (Å²) < 4.78 is 5.46. The second-order valence-corrected chi connectivity index (χ2v) is 4.66. The first kappa shape index (κ1) is 16.0. The maximum absolute atomic E-state index is 11.9. The molecule has 1 unspecified atom stereocenters. The molecule has 20 heavy (non-hydrogen) atoms. The lowest BCUT2D eigenvalue weighted by Crippen LogP contribution is -2.27. The molecule has 0 saturated carbocycles. The first-order valence-corrected chi connectivity index (χ1v) is 6.78. The van der Waals surface area contributed by atoms with Crippen molar-refractivity contribution in [2.75, 3.05) is 13.2 Å². The van der Waals surface area contributed by atoms with Gasteiger partial charge in [0.2, 0.25) is 0 Å². The highest BCUT2D eigenvalue weighted by Crippen LogP contribution is 2.13. The van der Waals surface area contributed by atoms with Crippen LogP contribution in [0, 0.1) is 5.92 Å². The maximum Gasteiger partial charge on any atom is 0.306 e. The van der Waals surface area contributed by atoms with Crippen LogP contribution >= 0.6 is 0 Å². The number of hydrogen-bond donors (Lipinski definition) is 2. The van der Waals surface area contributed by atoms with Gasteiger partial charge < -0.3 is 15.2 Å². The van der Waals surface area contributed by atoms with E-state index >= 15 is 0 Å². The van der Waals surface area contributed by atoms with Gasteiger partial charge in [-0.3, -0.25) is 9.59 Å². The molecule has 110 valence electrons. The van der Waals surface area contributed by atoms with Gasteiger partial charge in [-0.2, -0.15) is 0 Å². The molecule has 0 aromatic heterocycles. The Hall–Kier alpha value is -2.04. The largest absolute Gasteiger partial charge is 0.494 e. The summed E-state index contributed by atoms with van der Waals surface area (Å²) in [4.78, 5) is 22.6. The van der Waals surface area contributed by atoms with Gasteiger partial charge in [0.05, 0.1) is 12.5 Å². The Bertz CT molecular complexity index is 459. The standard InChI is InChI=1S/C15H21NO4/c1-3-9-20-13-6-4-5-12(10-13)14(17)16-8-7-11(2)15(18)19/h4-6,10-11H,3,7-9H2,1-2H3,(H,16,17)(H,18,19). The number of carboxylic acids is 1. The van der Waals surface area contributed by atoms with E-state index in [1.54, 1.807) is 31.2 Å². The third-order valence-electron chi connectivity index (χ3n) is 2.85. The number of rotatable bonds is 8. The van der Waals surface area contributed by atoms with E-state index in [2.05, 4.69) is 5.32 Å². The molecule has 0 radical (unpaired) electrons. The topological polar surface area (TPSA) is 75.6 Å². The monoisotopic (exact) mass is 279 g/mol. The SMILES string of the molecule is CCCOc1cccc(C(=O)NCCC(C)C(=O)O)c1. The Kier molecular flexibility index (Phi) is 6.56. The van der Waals surface area contributed by atoms with Gasteiger partial charge in [0, 0.05) is 12.1 Å². The Labute approximate surface area is 118 Å². The molecule has 0 saturated heterocycles. The zero-order valence-electron chi connectivity index (χ0n) is 11.9. The van der Waals surface area contributed by atoms with Gasteiger partial charge in [-0.05, 0) is 31.0 Å². The summed E-state index contributed by atoms with van der Waals surface area (Å²) in [6, 6.07) is 6.96. The van der Waals surface area contributed by atoms with Crippen LogP contribution in [0.25, 0.3) is 0 Å². The Morgan fingerprint density at radius 2 is 2.15 bits per heavy atom. The van der Waals surface area contributed by atoms with Crippen molar-refractivity contribution in [2.24, 2.45) is 5.92 Å². The number of ether oxygens (including phenoxy) is 1. The van der Waals surface area contributed by atoms with E-state index in [-0.39, 0.29) is 5.91 Å². The van der Waals surface area contributed by atoms with Gasteiger partial charge in [0.15, 0.2) is 0 Å².